The highest BCUT2D eigenvalue weighted by Gasteiger charge is 2.29. The fraction of sp³-hybridized carbons (Fsp3) is 0.385. The van der Waals surface area contributed by atoms with Crippen LogP contribution in [0.2, 0.25) is 0 Å². The van der Waals surface area contributed by atoms with E-state index >= 15 is 0 Å². The second-order valence-corrected chi connectivity index (χ2v) is 5.10. The van der Waals surface area contributed by atoms with Gasteiger partial charge in [0.05, 0.1) is 6.07 Å². The number of hydrogen-bond acceptors (Lipinski definition) is 2. The van der Waals surface area contributed by atoms with E-state index in [2.05, 4.69) is 22.0 Å². The van der Waals surface area contributed by atoms with E-state index in [0.717, 1.165) is 22.9 Å². The summed E-state index contributed by atoms with van der Waals surface area (Å²) in [5.41, 5.74) is 1.74. The highest BCUT2D eigenvalue weighted by molar-refractivity contribution is 9.10. The molecule has 1 fully saturated rings. The summed E-state index contributed by atoms with van der Waals surface area (Å²) in [6.07, 6.45) is 1.70. The van der Waals surface area contributed by atoms with Gasteiger partial charge in [0.25, 0.3) is 5.91 Å². The molecule has 1 aromatic carbocycles. The number of likely N-dealkylation sites (tertiary alicyclic amines) is 1. The van der Waals surface area contributed by atoms with Gasteiger partial charge in [0.1, 0.15) is 6.04 Å². The van der Waals surface area contributed by atoms with Crippen LogP contribution in [0.5, 0.6) is 0 Å². The SMILES string of the molecule is Cc1ccc(C(=O)N2CCCC2C#N)cc1Br. The van der Waals surface area contributed by atoms with Crippen LogP contribution in [0, 0.1) is 18.3 Å². The number of rotatable bonds is 1. The normalized spacial score (nSPS) is 19.1. The average molecular weight is 293 g/mol. The van der Waals surface area contributed by atoms with Gasteiger partial charge in [-0.2, -0.15) is 5.26 Å². The zero-order valence-corrected chi connectivity index (χ0v) is 11.2. The predicted molar refractivity (Wildman–Crippen MR) is 68.6 cm³/mol. The van der Waals surface area contributed by atoms with Gasteiger partial charge in [-0.1, -0.05) is 22.0 Å². The highest BCUT2D eigenvalue weighted by atomic mass is 79.9. The Balaban J connectivity index is 2.25. The summed E-state index contributed by atoms with van der Waals surface area (Å²) >= 11 is 3.42. The van der Waals surface area contributed by atoms with Crippen molar-refractivity contribution in [1.29, 1.82) is 5.26 Å². The molecule has 1 atom stereocenters. The molecule has 0 saturated carbocycles. The second-order valence-electron chi connectivity index (χ2n) is 4.25. The molecule has 1 aromatic rings. The summed E-state index contributed by atoms with van der Waals surface area (Å²) in [7, 11) is 0. The van der Waals surface area contributed by atoms with Gasteiger partial charge in [-0.05, 0) is 37.5 Å². The summed E-state index contributed by atoms with van der Waals surface area (Å²) in [6, 6.07) is 7.47. The molecule has 0 N–H and O–H groups in total. The van der Waals surface area contributed by atoms with Crippen LogP contribution in [-0.4, -0.2) is 23.4 Å². The number of benzene rings is 1. The largest absolute Gasteiger partial charge is 0.323 e. The third-order valence-corrected chi connectivity index (χ3v) is 3.94. The van der Waals surface area contributed by atoms with Crippen molar-refractivity contribution in [3.63, 3.8) is 0 Å². The third kappa shape index (κ3) is 2.34. The Labute approximate surface area is 109 Å². The monoisotopic (exact) mass is 292 g/mol. The van der Waals surface area contributed by atoms with E-state index in [-0.39, 0.29) is 11.9 Å². The molecule has 0 radical (unpaired) electrons. The van der Waals surface area contributed by atoms with Gasteiger partial charge >= 0.3 is 0 Å². The van der Waals surface area contributed by atoms with Crippen LogP contribution in [0.4, 0.5) is 0 Å². The molecule has 0 spiro atoms. The van der Waals surface area contributed by atoms with Crippen molar-refractivity contribution in [2.24, 2.45) is 0 Å². The Morgan fingerprint density at radius 3 is 3.00 bits per heavy atom. The Morgan fingerprint density at radius 1 is 1.59 bits per heavy atom. The van der Waals surface area contributed by atoms with Crippen molar-refractivity contribution in [2.75, 3.05) is 6.54 Å². The first-order valence-electron chi connectivity index (χ1n) is 5.60. The molecule has 0 aliphatic carbocycles. The topological polar surface area (TPSA) is 44.1 Å². The number of aryl methyl sites for hydroxylation is 1. The maximum Gasteiger partial charge on any atom is 0.254 e. The van der Waals surface area contributed by atoms with Crippen LogP contribution in [0.1, 0.15) is 28.8 Å². The number of carbonyl (C=O) groups excluding carboxylic acids is 1. The lowest BCUT2D eigenvalue weighted by Crippen LogP contribution is -2.34. The summed E-state index contributed by atoms with van der Waals surface area (Å²) in [5.74, 6) is -0.0465. The second kappa shape index (κ2) is 4.89. The lowest BCUT2D eigenvalue weighted by Gasteiger charge is -2.19. The van der Waals surface area contributed by atoms with E-state index in [1.165, 1.54) is 0 Å². The molecule has 1 amide bonds. The number of hydrogen-bond donors (Lipinski definition) is 0. The van der Waals surface area contributed by atoms with Gasteiger partial charge in [0.15, 0.2) is 0 Å². The van der Waals surface area contributed by atoms with Crippen molar-refractivity contribution in [3.05, 3.63) is 33.8 Å². The zero-order chi connectivity index (χ0) is 12.4. The highest BCUT2D eigenvalue weighted by Crippen LogP contribution is 2.22. The molecule has 4 heteroatoms. The molecule has 88 valence electrons. The van der Waals surface area contributed by atoms with Crippen LogP contribution in [0.15, 0.2) is 22.7 Å². The predicted octanol–water partition coefficient (Wildman–Crippen LogP) is 2.89. The summed E-state index contributed by atoms with van der Waals surface area (Å²) in [6.45, 7) is 2.66. The zero-order valence-electron chi connectivity index (χ0n) is 9.61. The molecule has 1 heterocycles. The van der Waals surface area contributed by atoms with Gasteiger partial charge in [-0.25, -0.2) is 0 Å². The van der Waals surface area contributed by atoms with Crippen LogP contribution >= 0.6 is 15.9 Å². The summed E-state index contributed by atoms with van der Waals surface area (Å²) < 4.78 is 0.927. The van der Waals surface area contributed by atoms with E-state index in [1.807, 2.05) is 25.1 Å². The Morgan fingerprint density at radius 2 is 2.35 bits per heavy atom. The summed E-state index contributed by atoms with van der Waals surface area (Å²) in [4.78, 5) is 13.9. The van der Waals surface area contributed by atoms with E-state index < -0.39 is 0 Å². The minimum absolute atomic E-state index is 0.0465. The molecule has 2 rings (SSSR count). The van der Waals surface area contributed by atoms with Crippen LogP contribution in [0.3, 0.4) is 0 Å². The van der Waals surface area contributed by atoms with Crippen molar-refractivity contribution in [3.8, 4) is 6.07 Å². The fourth-order valence-corrected chi connectivity index (χ4v) is 2.41. The fourth-order valence-electron chi connectivity index (χ4n) is 2.04. The van der Waals surface area contributed by atoms with Crippen molar-refractivity contribution in [1.82, 2.24) is 4.90 Å². The van der Waals surface area contributed by atoms with E-state index in [0.29, 0.717) is 12.1 Å². The van der Waals surface area contributed by atoms with Crippen LogP contribution in [-0.2, 0) is 0 Å². The third-order valence-electron chi connectivity index (χ3n) is 3.08. The smallest absolute Gasteiger partial charge is 0.254 e. The first-order chi connectivity index (χ1) is 8.13. The van der Waals surface area contributed by atoms with E-state index in [4.69, 9.17) is 5.26 Å². The number of nitrogens with zero attached hydrogens (tertiary/aromatic N) is 2. The number of halogens is 1. The quantitative estimate of drug-likeness (QED) is 0.799. The maximum absolute atomic E-state index is 12.2. The maximum atomic E-state index is 12.2. The van der Waals surface area contributed by atoms with Gasteiger partial charge in [0.2, 0.25) is 0 Å². The van der Waals surface area contributed by atoms with Crippen LogP contribution < -0.4 is 0 Å². The summed E-state index contributed by atoms with van der Waals surface area (Å²) in [5, 5.41) is 8.98. The average Bonchev–Trinajstić information content (AvgIpc) is 2.80. The lowest BCUT2D eigenvalue weighted by atomic mass is 10.1. The minimum Gasteiger partial charge on any atom is -0.323 e. The molecular formula is C13H13BrN2O. The first kappa shape index (κ1) is 12.1. The standard InChI is InChI=1S/C13H13BrN2O/c1-9-4-5-10(7-12(9)14)13(17)16-6-2-3-11(16)8-15/h4-5,7,11H,2-3,6H2,1H3. The number of amides is 1. The molecule has 0 aromatic heterocycles. The molecule has 17 heavy (non-hydrogen) atoms. The van der Waals surface area contributed by atoms with E-state index in [1.54, 1.807) is 4.90 Å². The van der Waals surface area contributed by atoms with Gasteiger partial charge in [0, 0.05) is 16.6 Å². The molecule has 1 aliphatic rings. The van der Waals surface area contributed by atoms with Crippen molar-refractivity contribution >= 4 is 21.8 Å². The lowest BCUT2D eigenvalue weighted by molar-refractivity contribution is 0.0765. The van der Waals surface area contributed by atoms with Gasteiger partial charge in [-0.3, -0.25) is 4.79 Å². The Kier molecular flexibility index (Phi) is 3.49. The molecule has 1 aliphatic heterocycles. The Bertz CT molecular complexity index is 493. The van der Waals surface area contributed by atoms with E-state index in [9.17, 15) is 4.79 Å². The minimum atomic E-state index is -0.262. The van der Waals surface area contributed by atoms with Gasteiger partial charge in [-0.15, -0.1) is 0 Å². The molecule has 1 saturated heterocycles. The first-order valence-corrected chi connectivity index (χ1v) is 6.39. The van der Waals surface area contributed by atoms with Gasteiger partial charge < -0.3 is 4.90 Å². The Hall–Kier alpha value is -1.34. The van der Waals surface area contributed by atoms with Crippen molar-refractivity contribution in [2.45, 2.75) is 25.8 Å². The molecule has 1 unspecified atom stereocenters. The molecule has 3 nitrogen and oxygen atoms in total. The molecular weight excluding hydrogens is 280 g/mol. The molecule has 0 bridgehead atoms. The van der Waals surface area contributed by atoms with Crippen molar-refractivity contribution < 1.29 is 4.79 Å². The number of nitriles is 1. The number of carbonyl (C=O) groups is 1. The van der Waals surface area contributed by atoms with Crippen LogP contribution in [0.25, 0.3) is 0 Å².